The molecule has 1 atom stereocenters. The minimum absolute atomic E-state index is 0. The average molecular weight is 451 g/mol. The number of hydrogen-bond acceptors (Lipinski definition) is 5. The van der Waals surface area contributed by atoms with Crippen LogP contribution in [0.2, 0.25) is 0 Å². The lowest BCUT2D eigenvalue weighted by atomic mass is 9.78. The van der Waals surface area contributed by atoms with Gasteiger partial charge >= 0.3 is 6.18 Å². The molecule has 0 spiro atoms. The highest BCUT2D eigenvalue weighted by atomic mass is 19.4. The van der Waals surface area contributed by atoms with E-state index >= 15 is 0 Å². The van der Waals surface area contributed by atoms with Gasteiger partial charge in [0, 0.05) is 41.7 Å². The quantitative estimate of drug-likeness (QED) is 0.428. The van der Waals surface area contributed by atoms with E-state index < -0.39 is 28.6 Å². The van der Waals surface area contributed by atoms with E-state index in [1.54, 1.807) is 6.92 Å². The molecule has 1 unspecified atom stereocenters. The molecule has 0 bridgehead atoms. The summed E-state index contributed by atoms with van der Waals surface area (Å²) in [5, 5.41) is 3.10. The topological polar surface area (TPSA) is 80.9 Å². The Morgan fingerprint density at radius 2 is 1.81 bits per heavy atom. The van der Waals surface area contributed by atoms with Gasteiger partial charge in [-0.05, 0) is 43.2 Å². The fraction of sp³-hybridized carbons (Fsp3) is 0.292. The van der Waals surface area contributed by atoms with Crippen LogP contribution in [-0.4, -0.2) is 28.8 Å². The molecule has 3 N–H and O–H groups in total. The predicted molar refractivity (Wildman–Crippen MR) is 126 cm³/mol. The largest absolute Gasteiger partial charge is 0.418 e. The van der Waals surface area contributed by atoms with E-state index in [1.165, 1.54) is 24.4 Å². The molecule has 0 amide bonds. The highest BCUT2D eigenvalue weighted by molar-refractivity contribution is 6.09. The monoisotopic (exact) mass is 450 g/mol. The molecule has 5 nitrogen and oxygen atoms in total. The summed E-state index contributed by atoms with van der Waals surface area (Å²) in [5.41, 5.74) is 5.36. The third-order valence-electron chi connectivity index (χ3n) is 5.73. The lowest BCUT2D eigenvalue weighted by Crippen LogP contribution is -2.41. The van der Waals surface area contributed by atoms with Crippen molar-refractivity contribution in [2.75, 3.05) is 18.4 Å². The number of nitrogens with zero attached hydrogens (tertiary/aromatic N) is 2. The van der Waals surface area contributed by atoms with Crippen LogP contribution in [0.1, 0.15) is 51.9 Å². The van der Waals surface area contributed by atoms with Crippen molar-refractivity contribution in [3.63, 3.8) is 0 Å². The second-order valence-electron chi connectivity index (χ2n) is 7.61. The Balaban J connectivity index is 0. The molecule has 0 aliphatic rings. The van der Waals surface area contributed by atoms with E-state index in [2.05, 4.69) is 15.3 Å². The zero-order chi connectivity index (χ0) is 23.4. The van der Waals surface area contributed by atoms with Crippen molar-refractivity contribution in [3.05, 3.63) is 88.9 Å². The Labute approximate surface area is 190 Å². The van der Waals surface area contributed by atoms with Crippen LogP contribution < -0.4 is 11.1 Å². The van der Waals surface area contributed by atoms with Crippen LogP contribution in [0.3, 0.4) is 0 Å². The van der Waals surface area contributed by atoms with Crippen LogP contribution in [0.25, 0.3) is 0 Å². The first-order chi connectivity index (χ1) is 15.2. The number of aryl methyl sites for hydroxylation is 1. The molecule has 176 valence electrons. The van der Waals surface area contributed by atoms with Crippen molar-refractivity contribution < 1.29 is 23.7 Å². The van der Waals surface area contributed by atoms with Crippen molar-refractivity contribution in [3.8, 4) is 0 Å². The summed E-state index contributed by atoms with van der Waals surface area (Å²) < 4.78 is 40.9. The van der Waals surface area contributed by atoms with E-state index in [0.29, 0.717) is 25.2 Å². The third-order valence-corrected chi connectivity index (χ3v) is 5.73. The van der Waals surface area contributed by atoms with Crippen molar-refractivity contribution in [2.24, 2.45) is 5.73 Å². The second-order valence-corrected chi connectivity index (χ2v) is 7.61. The molecule has 0 saturated heterocycles. The van der Waals surface area contributed by atoms with Crippen LogP contribution in [0.15, 0.2) is 60.8 Å². The van der Waals surface area contributed by atoms with Crippen LogP contribution in [0.4, 0.5) is 19.0 Å². The molecule has 0 aliphatic heterocycles. The smallest absolute Gasteiger partial charge is 0.369 e. The Hall–Kier alpha value is -3.26. The molecule has 3 aromatic rings. The van der Waals surface area contributed by atoms with Crippen LogP contribution in [-0.2, 0) is 11.6 Å². The fourth-order valence-corrected chi connectivity index (χ4v) is 3.63. The van der Waals surface area contributed by atoms with Gasteiger partial charge in [-0.25, -0.2) is 4.98 Å². The summed E-state index contributed by atoms with van der Waals surface area (Å²) in [5.74, 6) is -0.652. The minimum Gasteiger partial charge on any atom is -0.369 e. The van der Waals surface area contributed by atoms with Crippen LogP contribution in [0, 0.1) is 6.92 Å². The molecule has 0 aliphatic carbocycles. The van der Waals surface area contributed by atoms with Gasteiger partial charge in [0.25, 0.3) is 0 Å². The zero-order valence-corrected chi connectivity index (χ0v) is 17.9. The average Bonchev–Trinajstić information content (AvgIpc) is 2.80. The molecular formula is C24H33F3N4O. The van der Waals surface area contributed by atoms with E-state index in [-0.39, 0.29) is 17.1 Å². The third kappa shape index (κ3) is 4.80. The van der Waals surface area contributed by atoms with E-state index in [1.807, 2.05) is 37.3 Å². The maximum absolute atomic E-state index is 13.6. The van der Waals surface area contributed by atoms with Crippen LogP contribution in [0.5, 0.6) is 0 Å². The molecule has 8 heteroatoms. The van der Waals surface area contributed by atoms with Crippen molar-refractivity contribution in [1.82, 2.24) is 9.97 Å². The fourth-order valence-electron chi connectivity index (χ4n) is 3.63. The van der Waals surface area contributed by atoms with Gasteiger partial charge in [0.1, 0.15) is 11.5 Å². The van der Waals surface area contributed by atoms with Gasteiger partial charge in [-0.1, -0.05) is 37.3 Å². The van der Waals surface area contributed by atoms with Gasteiger partial charge in [0.2, 0.25) is 5.78 Å². The number of aromatic nitrogens is 2. The number of pyridine rings is 2. The molecule has 2 heterocycles. The lowest BCUT2D eigenvalue weighted by molar-refractivity contribution is -0.138. The Kier molecular flexibility index (Phi) is 6.93. The summed E-state index contributed by atoms with van der Waals surface area (Å²) in [7, 11) is 0. The van der Waals surface area contributed by atoms with Gasteiger partial charge < -0.3 is 11.1 Å². The number of alkyl halides is 3. The molecule has 1 aromatic carbocycles. The maximum atomic E-state index is 13.6. The molecule has 0 fully saturated rings. The van der Waals surface area contributed by atoms with E-state index in [4.69, 9.17) is 5.73 Å². The van der Waals surface area contributed by atoms with Crippen LogP contribution >= 0.6 is 0 Å². The standard InChI is InChI=1S/C24H25F3N4O.4H2/c1-3-23(14-28,17-8-5-4-6-9-17)15-30-20-12-11-19(24(25,26)27)21(31-20)22(32)18-10-7-13-29-16(18)2;;;;/h4-13H,3,14-15,28H2,1-2H3,(H,30,31);4*1H. The summed E-state index contributed by atoms with van der Waals surface area (Å²) in [6.45, 7) is 4.25. The van der Waals surface area contributed by atoms with Gasteiger partial charge in [0.05, 0.1) is 5.56 Å². The number of anilines is 1. The highest BCUT2D eigenvalue weighted by Crippen LogP contribution is 2.34. The lowest BCUT2D eigenvalue weighted by Gasteiger charge is -2.32. The Morgan fingerprint density at radius 3 is 2.41 bits per heavy atom. The van der Waals surface area contributed by atoms with Crippen molar-refractivity contribution in [2.45, 2.75) is 31.9 Å². The van der Waals surface area contributed by atoms with Gasteiger partial charge in [-0.2, -0.15) is 13.2 Å². The first-order valence-corrected chi connectivity index (χ1v) is 10.3. The number of hydrogen-bond donors (Lipinski definition) is 2. The molecule has 3 rings (SSSR count). The van der Waals surface area contributed by atoms with Gasteiger partial charge in [0.15, 0.2) is 0 Å². The van der Waals surface area contributed by atoms with E-state index in [0.717, 1.165) is 11.6 Å². The molecule has 2 aromatic heterocycles. The number of carbonyl (C=O) groups is 1. The minimum atomic E-state index is -4.72. The number of rotatable bonds is 8. The number of carbonyl (C=O) groups excluding carboxylic acids is 1. The summed E-state index contributed by atoms with van der Waals surface area (Å²) >= 11 is 0. The first kappa shape index (κ1) is 23.4. The maximum Gasteiger partial charge on any atom is 0.418 e. The Morgan fingerprint density at radius 1 is 1.09 bits per heavy atom. The molecule has 0 saturated carbocycles. The van der Waals surface area contributed by atoms with Gasteiger partial charge in [-0.15, -0.1) is 0 Å². The summed E-state index contributed by atoms with van der Waals surface area (Å²) in [6.07, 6.45) is -2.54. The Bertz CT molecular complexity index is 1100. The molecule has 0 radical (unpaired) electrons. The van der Waals surface area contributed by atoms with Crippen molar-refractivity contribution >= 4 is 11.6 Å². The van der Waals surface area contributed by atoms with Gasteiger partial charge in [-0.3, -0.25) is 9.78 Å². The highest BCUT2D eigenvalue weighted by Gasteiger charge is 2.37. The number of nitrogens with one attached hydrogen (secondary N) is 1. The predicted octanol–water partition coefficient (Wildman–Crippen LogP) is 5.74. The van der Waals surface area contributed by atoms with Crippen molar-refractivity contribution in [1.29, 1.82) is 0 Å². The number of nitrogens with two attached hydrogens (primary N) is 1. The zero-order valence-electron chi connectivity index (χ0n) is 17.9. The normalized spacial score (nSPS) is 13.4. The number of halogens is 3. The second kappa shape index (κ2) is 9.48. The van der Waals surface area contributed by atoms with E-state index in [9.17, 15) is 18.0 Å². The first-order valence-electron chi connectivity index (χ1n) is 10.3. The molecular weight excluding hydrogens is 417 g/mol. The summed E-state index contributed by atoms with van der Waals surface area (Å²) in [6, 6.07) is 14.7. The SMILES string of the molecule is CCC(CN)(CNc1ccc(C(F)(F)F)c(C(=O)c2cccnc2C)n1)c1ccccc1.[HH].[HH].[HH].[HH]. The number of benzene rings is 1. The molecule has 32 heavy (non-hydrogen) atoms. The number of ketones is 1. The summed E-state index contributed by atoms with van der Waals surface area (Å²) in [4.78, 5) is 21.0.